The molecule has 0 saturated heterocycles. The van der Waals surface area contributed by atoms with Crippen LogP contribution in [0.1, 0.15) is 29.2 Å². The van der Waals surface area contributed by atoms with E-state index in [0.717, 1.165) is 11.1 Å². The van der Waals surface area contributed by atoms with Crippen molar-refractivity contribution < 1.29 is 5.11 Å². The Bertz CT molecular complexity index is 575. The standard InChI is InChI=1S/C18H23NO/c1-14-5-3-6-15(9-14)11-18(2,20)12-16-7-4-8-17(10-16)13-19/h3-10,20H,11-13,19H2,1-2H3. The lowest BCUT2D eigenvalue weighted by atomic mass is 9.89. The van der Waals surface area contributed by atoms with E-state index >= 15 is 0 Å². The second kappa shape index (κ2) is 6.21. The molecule has 2 aromatic carbocycles. The molecule has 2 nitrogen and oxygen atoms in total. The number of hydrogen-bond donors (Lipinski definition) is 2. The van der Waals surface area contributed by atoms with Gasteiger partial charge in [0.1, 0.15) is 0 Å². The summed E-state index contributed by atoms with van der Waals surface area (Å²) in [6, 6.07) is 16.4. The van der Waals surface area contributed by atoms with Gasteiger partial charge in [0.05, 0.1) is 5.60 Å². The molecule has 2 rings (SSSR count). The summed E-state index contributed by atoms with van der Waals surface area (Å²) in [7, 11) is 0. The van der Waals surface area contributed by atoms with Gasteiger partial charge >= 0.3 is 0 Å². The average Bonchev–Trinajstić information content (AvgIpc) is 2.37. The highest BCUT2D eigenvalue weighted by Crippen LogP contribution is 2.20. The van der Waals surface area contributed by atoms with Crippen molar-refractivity contribution in [1.29, 1.82) is 0 Å². The van der Waals surface area contributed by atoms with Gasteiger partial charge in [-0.05, 0) is 30.5 Å². The van der Waals surface area contributed by atoms with Gasteiger partial charge in [-0.25, -0.2) is 0 Å². The molecule has 0 radical (unpaired) electrons. The lowest BCUT2D eigenvalue weighted by Gasteiger charge is -2.24. The van der Waals surface area contributed by atoms with E-state index in [9.17, 15) is 5.11 Å². The molecular formula is C18H23NO. The number of aliphatic hydroxyl groups is 1. The van der Waals surface area contributed by atoms with Crippen LogP contribution in [0.25, 0.3) is 0 Å². The van der Waals surface area contributed by atoms with Crippen LogP contribution in [0.15, 0.2) is 48.5 Å². The highest BCUT2D eigenvalue weighted by Gasteiger charge is 2.21. The first-order valence-electron chi connectivity index (χ1n) is 7.04. The first-order chi connectivity index (χ1) is 9.48. The fourth-order valence-electron chi connectivity index (χ4n) is 2.63. The average molecular weight is 269 g/mol. The molecule has 0 bridgehead atoms. The summed E-state index contributed by atoms with van der Waals surface area (Å²) in [6.45, 7) is 4.50. The molecule has 0 aliphatic carbocycles. The third kappa shape index (κ3) is 4.19. The van der Waals surface area contributed by atoms with Gasteiger partial charge in [0.25, 0.3) is 0 Å². The number of nitrogens with two attached hydrogens (primary N) is 1. The molecule has 2 heteroatoms. The van der Waals surface area contributed by atoms with Gasteiger partial charge < -0.3 is 10.8 Å². The highest BCUT2D eigenvalue weighted by atomic mass is 16.3. The van der Waals surface area contributed by atoms with E-state index < -0.39 is 5.60 Å². The monoisotopic (exact) mass is 269 g/mol. The van der Waals surface area contributed by atoms with E-state index in [-0.39, 0.29) is 0 Å². The van der Waals surface area contributed by atoms with E-state index in [4.69, 9.17) is 5.73 Å². The Morgan fingerprint density at radius 2 is 1.50 bits per heavy atom. The van der Waals surface area contributed by atoms with E-state index in [2.05, 4.69) is 31.2 Å². The quantitative estimate of drug-likeness (QED) is 0.876. The Kier molecular flexibility index (Phi) is 4.58. The van der Waals surface area contributed by atoms with Crippen molar-refractivity contribution >= 4 is 0 Å². The van der Waals surface area contributed by atoms with Crippen molar-refractivity contribution in [1.82, 2.24) is 0 Å². The van der Waals surface area contributed by atoms with Crippen molar-refractivity contribution in [2.45, 2.75) is 38.8 Å². The smallest absolute Gasteiger partial charge is 0.0700 e. The van der Waals surface area contributed by atoms with Crippen LogP contribution in [0.4, 0.5) is 0 Å². The molecule has 0 amide bonds. The Balaban J connectivity index is 2.10. The number of benzene rings is 2. The minimum Gasteiger partial charge on any atom is -0.389 e. The summed E-state index contributed by atoms with van der Waals surface area (Å²) >= 11 is 0. The molecule has 1 unspecified atom stereocenters. The van der Waals surface area contributed by atoms with Gasteiger partial charge in [-0.15, -0.1) is 0 Å². The first kappa shape index (κ1) is 14.8. The van der Waals surface area contributed by atoms with Crippen LogP contribution in [-0.4, -0.2) is 10.7 Å². The lowest BCUT2D eigenvalue weighted by Crippen LogP contribution is -2.30. The summed E-state index contributed by atoms with van der Waals surface area (Å²) in [6.07, 6.45) is 1.29. The largest absolute Gasteiger partial charge is 0.389 e. The molecule has 20 heavy (non-hydrogen) atoms. The molecule has 0 aliphatic rings. The zero-order valence-electron chi connectivity index (χ0n) is 12.3. The van der Waals surface area contributed by atoms with Crippen LogP contribution in [0, 0.1) is 6.92 Å². The molecule has 0 spiro atoms. The zero-order valence-corrected chi connectivity index (χ0v) is 12.3. The number of hydrogen-bond acceptors (Lipinski definition) is 2. The fourth-order valence-corrected chi connectivity index (χ4v) is 2.63. The topological polar surface area (TPSA) is 46.2 Å². The van der Waals surface area contributed by atoms with Crippen molar-refractivity contribution in [2.75, 3.05) is 0 Å². The third-order valence-electron chi connectivity index (χ3n) is 3.48. The molecule has 106 valence electrons. The predicted octanol–water partition coefficient (Wildman–Crippen LogP) is 2.99. The highest BCUT2D eigenvalue weighted by molar-refractivity contribution is 5.27. The predicted molar refractivity (Wildman–Crippen MR) is 83.5 cm³/mol. The van der Waals surface area contributed by atoms with E-state index in [0.29, 0.717) is 19.4 Å². The van der Waals surface area contributed by atoms with Gasteiger partial charge in [-0.1, -0.05) is 54.1 Å². The van der Waals surface area contributed by atoms with Crippen LogP contribution in [0.2, 0.25) is 0 Å². The molecular weight excluding hydrogens is 246 g/mol. The van der Waals surface area contributed by atoms with Gasteiger partial charge in [0.15, 0.2) is 0 Å². The second-order valence-corrected chi connectivity index (χ2v) is 5.86. The minimum absolute atomic E-state index is 0.536. The van der Waals surface area contributed by atoms with Crippen molar-refractivity contribution in [2.24, 2.45) is 5.73 Å². The van der Waals surface area contributed by atoms with E-state index in [1.54, 1.807) is 0 Å². The molecule has 0 aliphatic heterocycles. The summed E-state index contributed by atoms with van der Waals surface area (Å²) in [5.41, 5.74) is 9.54. The van der Waals surface area contributed by atoms with Crippen LogP contribution in [0.3, 0.4) is 0 Å². The Labute approximate surface area is 121 Å². The summed E-state index contributed by atoms with van der Waals surface area (Å²) in [5, 5.41) is 10.6. The van der Waals surface area contributed by atoms with E-state index in [1.165, 1.54) is 11.1 Å². The maximum absolute atomic E-state index is 10.6. The summed E-state index contributed by atoms with van der Waals surface area (Å²) in [5.74, 6) is 0. The van der Waals surface area contributed by atoms with Crippen molar-refractivity contribution in [3.05, 3.63) is 70.8 Å². The molecule has 2 aromatic rings. The summed E-state index contributed by atoms with van der Waals surface area (Å²) < 4.78 is 0. The van der Waals surface area contributed by atoms with Crippen molar-refractivity contribution in [3.8, 4) is 0 Å². The molecule has 0 aromatic heterocycles. The first-order valence-corrected chi connectivity index (χ1v) is 7.04. The Morgan fingerprint density at radius 1 is 0.950 bits per heavy atom. The third-order valence-corrected chi connectivity index (χ3v) is 3.48. The lowest BCUT2D eigenvalue weighted by molar-refractivity contribution is 0.0608. The van der Waals surface area contributed by atoms with Crippen LogP contribution >= 0.6 is 0 Å². The van der Waals surface area contributed by atoms with Crippen LogP contribution in [0.5, 0.6) is 0 Å². The van der Waals surface area contributed by atoms with Crippen molar-refractivity contribution in [3.63, 3.8) is 0 Å². The van der Waals surface area contributed by atoms with Gasteiger partial charge in [-0.2, -0.15) is 0 Å². The van der Waals surface area contributed by atoms with Gasteiger partial charge in [-0.3, -0.25) is 0 Å². The van der Waals surface area contributed by atoms with Gasteiger partial charge in [0.2, 0.25) is 0 Å². The molecule has 3 N–H and O–H groups in total. The Hall–Kier alpha value is -1.64. The number of aryl methyl sites for hydroxylation is 1. The Morgan fingerprint density at radius 3 is 2.10 bits per heavy atom. The molecule has 0 heterocycles. The minimum atomic E-state index is -0.749. The fraction of sp³-hybridized carbons (Fsp3) is 0.333. The maximum Gasteiger partial charge on any atom is 0.0700 e. The second-order valence-electron chi connectivity index (χ2n) is 5.86. The zero-order chi connectivity index (χ0) is 14.6. The van der Waals surface area contributed by atoms with E-state index in [1.807, 2.05) is 31.2 Å². The van der Waals surface area contributed by atoms with Gasteiger partial charge in [0, 0.05) is 19.4 Å². The molecule has 0 fully saturated rings. The molecule has 0 saturated carbocycles. The SMILES string of the molecule is Cc1cccc(CC(C)(O)Cc2cccc(CN)c2)c1. The number of rotatable bonds is 5. The van der Waals surface area contributed by atoms with Crippen LogP contribution in [-0.2, 0) is 19.4 Å². The summed E-state index contributed by atoms with van der Waals surface area (Å²) in [4.78, 5) is 0. The van der Waals surface area contributed by atoms with Crippen LogP contribution < -0.4 is 5.73 Å². The molecule has 1 atom stereocenters. The normalized spacial score (nSPS) is 14.0. The maximum atomic E-state index is 10.6.